The molecule has 2 amide bonds. The van der Waals surface area contributed by atoms with E-state index < -0.39 is 50.7 Å². The molecule has 9 nitrogen and oxygen atoms in total. The summed E-state index contributed by atoms with van der Waals surface area (Å²) >= 11 is 20.3. The van der Waals surface area contributed by atoms with Crippen molar-refractivity contribution >= 4 is 83.6 Å². The number of hydrogen-bond donors (Lipinski definition) is 1. The second-order valence-electron chi connectivity index (χ2n) is 7.69. The van der Waals surface area contributed by atoms with Gasteiger partial charge >= 0.3 is 17.7 Å². The first-order chi connectivity index (χ1) is 15.7. The second kappa shape index (κ2) is 11.6. The molecule has 2 unspecified atom stereocenters. The normalized spacial score (nSPS) is 17.8. The van der Waals surface area contributed by atoms with Crippen LogP contribution in [0.25, 0.3) is 0 Å². The summed E-state index contributed by atoms with van der Waals surface area (Å²) in [7, 11) is 0.972. The third kappa shape index (κ3) is 6.84. The minimum absolute atomic E-state index is 0.150. The predicted octanol–water partition coefficient (Wildman–Crippen LogP) is 3.39. The van der Waals surface area contributed by atoms with Gasteiger partial charge in [0.25, 0.3) is 11.8 Å². The summed E-state index contributed by atoms with van der Waals surface area (Å²) in [5.41, 5.74) is -2.22. The number of nitrogens with zero attached hydrogens (tertiary/aromatic N) is 1. The van der Waals surface area contributed by atoms with E-state index in [2.05, 4.69) is 20.1 Å². The van der Waals surface area contributed by atoms with Crippen molar-refractivity contribution in [2.24, 2.45) is 0 Å². The Balaban J connectivity index is 2.19. The van der Waals surface area contributed by atoms with E-state index in [9.17, 15) is 19.2 Å². The number of halogens is 4. The van der Waals surface area contributed by atoms with Crippen LogP contribution in [0.3, 0.4) is 0 Å². The van der Waals surface area contributed by atoms with Gasteiger partial charge in [-0.25, -0.2) is 4.79 Å². The minimum atomic E-state index is -2.22. The molecule has 0 aliphatic carbocycles. The fraction of sp³-hybridized carbons (Fsp3) is 0.500. The van der Waals surface area contributed by atoms with E-state index in [0.717, 1.165) is 22.0 Å². The molecule has 1 heterocycles. The molecular weight excluding hydrogens is 599 g/mol. The highest BCUT2D eigenvalue weighted by molar-refractivity contribution is 9.50. The minimum Gasteiger partial charge on any atom is -0.484 e. The Kier molecular flexibility index (Phi) is 9.80. The fourth-order valence-electron chi connectivity index (χ4n) is 3.13. The Morgan fingerprint density at radius 3 is 2.32 bits per heavy atom. The van der Waals surface area contributed by atoms with Gasteiger partial charge in [0.2, 0.25) is 3.79 Å². The van der Waals surface area contributed by atoms with Crippen LogP contribution < -0.4 is 10.1 Å². The van der Waals surface area contributed by atoms with Gasteiger partial charge < -0.3 is 19.5 Å². The van der Waals surface area contributed by atoms with Gasteiger partial charge in [-0.05, 0) is 40.8 Å². The van der Waals surface area contributed by atoms with Crippen LogP contribution in [-0.2, 0) is 28.7 Å². The first-order valence-electron chi connectivity index (χ1n) is 9.75. The van der Waals surface area contributed by atoms with Crippen LogP contribution in [0, 0.1) is 0 Å². The average Bonchev–Trinajstić information content (AvgIpc) is 2.76. The summed E-state index contributed by atoms with van der Waals surface area (Å²) in [5, 5.41) is 2.53. The van der Waals surface area contributed by atoms with Crippen molar-refractivity contribution in [3.63, 3.8) is 0 Å². The molecule has 1 aliphatic rings. The summed E-state index contributed by atoms with van der Waals surface area (Å²) in [6, 6.07) is 7.69. The number of alkyl halides is 3. The number of hydrogen-bond acceptors (Lipinski definition) is 8. The number of carbonyl (C=O) groups is 4. The molecule has 0 radical (unpaired) electrons. The van der Waals surface area contributed by atoms with Gasteiger partial charge in [-0.15, -0.1) is 0 Å². The van der Waals surface area contributed by atoms with Crippen molar-refractivity contribution in [1.82, 2.24) is 10.2 Å². The van der Waals surface area contributed by atoms with Gasteiger partial charge in [-0.3, -0.25) is 19.3 Å². The van der Waals surface area contributed by atoms with Crippen molar-refractivity contribution in [1.29, 1.82) is 0 Å². The lowest BCUT2D eigenvalue weighted by atomic mass is 9.90. The first kappa shape index (κ1) is 28.8. The number of rotatable bonds is 10. The molecule has 0 aromatic heterocycles. The third-order valence-corrected chi connectivity index (χ3v) is 8.12. The molecule has 1 aromatic carbocycles. The molecule has 2 atom stereocenters. The quantitative estimate of drug-likeness (QED) is 0.241. The molecular formula is C20H22BrCl3N2O7S. The number of likely N-dealkylation sites (tertiary alicyclic amines) is 1. The van der Waals surface area contributed by atoms with Crippen LogP contribution in [0.1, 0.15) is 20.8 Å². The third-order valence-electron chi connectivity index (χ3n) is 4.70. The maximum atomic E-state index is 13.2. The lowest BCUT2D eigenvalue weighted by molar-refractivity contribution is -0.223. The molecule has 2 rings (SSSR count). The molecule has 188 valence electrons. The van der Waals surface area contributed by atoms with E-state index in [1.54, 1.807) is 44.2 Å². The van der Waals surface area contributed by atoms with Crippen molar-refractivity contribution < 1.29 is 33.4 Å². The monoisotopic (exact) mass is 618 g/mol. The van der Waals surface area contributed by atoms with E-state index in [0.29, 0.717) is 5.75 Å². The Labute approximate surface area is 223 Å². The van der Waals surface area contributed by atoms with E-state index in [-0.39, 0.29) is 13.2 Å². The standard InChI is InChI=1S/C20H22BrCl3N2O7S/c1-12(27)33-20(18(2,3)34-21,17(30)32-11-19(22,23)24)26-9-14(16(26)29)25-15(28)10-31-13-7-5-4-6-8-13/h4-8,14H,9-11H2,1-3H3,(H,25,28). The number of nitrogens with one attached hydrogen (secondary N) is 1. The molecule has 1 N–H and O–H groups in total. The summed E-state index contributed by atoms with van der Waals surface area (Å²) in [6.45, 7) is 3.07. The first-order valence-corrected chi connectivity index (χ1v) is 13.5. The second-order valence-corrected chi connectivity index (χ2v) is 12.3. The van der Waals surface area contributed by atoms with Gasteiger partial charge in [0, 0.05) is 6.92 Å². The Morgan fingerprint density at radius 1 is 1.21 bits per heavy atom. The predicted molar refractivity (Wildman–Crippen MR) is 132 cm³/mol. The molecule has 1 aromatic rings. The van der Waals surface area contributed by atoms with Gasteiger partial charge in [0.15, 0.2) is 6.61 Å². The van der Waals surface area contributed by atoms with E-state index in [1.807, 2.05) is 0 Å². The summed E-state index contributed by atoms with van der Waals surface area (Å²) in [5.74, 6) is -2.70. The molecule has 1 fully saturated rings. The van der Waals surface area contributed by atoms with E-state index >= 15 is 0 Å². The number of amides is 2. The number of para-hydroxylation sites is 1. The molecule has 1 saturated heterocycles. The number of β-lactam (4-membered cyclic amide) rings is 1. The Morgan fingerprint density at radius 2 is 1.82 bits per heavy atom. The summed E-state index contributed by atoms with van der Waals surface area (Å²) in [6.07, 6.45) is 0. The summed E-state index contributed by atoms with van der Waals surface area (Å²) in [4.78, 5) is 51.5. The zero-order valence-electron chi connectivity index (χ0n) is 18.3. The molecule has 14 heteroatoms. The van der Waals surface area contributed by atoms with Crippen LogP contribution in [0.2, 0.25) is 0 Å². The molecule has 0 saturated carbocycles. The zero-order valence-corrected chi connectivity index (χ0v) is 23.0. The lowest BCUT2D eigenvalue weighted by Crippen LogP contribution is -2.78. The zero-order chi connectivity index (χ0) is 25.7. The smallest absolute Gasteiger partial charge is 0.374 e. The molecule has 0 spiro atoms. The van der Waals surface area contributed by atoms with Crippen LogP contribution in [0.5, 0.6) is 5.75 Å². The topological polar surface area (TPSA) is 111 Å². The van der Waals surface area contributed by atoms with Gasteiger partial charge in [-0.1, -0.05) is 63.2 Å². The van der Waals surface area contributed by atoms with Crippen LogP contribution in [0.15, 0.2) is 30.3 Å². The maximum Gasteiger partial charge on any atom is 0.374 e. The average molecular weight is 621 g/mol. The van der Waals surface area contributed by atoms with Crippen LogP contribution in [-0.4, -0.2) is 68.7 Å². The molecule has 1 aliphatic heterocycles. The summed E-state index contributed by atoms with van der Waals surface area (Å²) < 4.78 is 12.7. The number of carbonyl (C=O) groups excluding carboxylic acids is 4. The fourth-order valence-corrected chi connectivity index (χ4v) is 4.29. The SMILES string of the molecule is CC(=O)OC(C(=O)OCC(Cl)(Cl)Cl)(N1CC(NC(=O)COc2ccccc2)C1=O)C(C)(C)SBr. The van der Waals surface area contributed by atoms with E-state index in [1.165, 1.54) is 0 Å². The lowest BCUT2D eigenvalue weighted by Gasteiger charge is -2.53. The van der Waals surface area contributed by atoms with Crippen LogP contribution >= 0.6 is 59.8 Å². The number of esters is 2. The number of ether oxygens (including phenoxy) is 3. The highest BCUT2D eigenvalue weighted by Crippen LogP contribution is 2.47. The van der Waals surface area contributed by atoms with Crippen molar-refractivity contribution in [2.45, 2.75) is 41.1 Å². The van der Waals surface area contributed by atoms with Crippen molar-refractivity contribution in [2.75, 3.05) is 19.8 Å². The molecule has 34 heavy (non-hydrogen) atoms. The number of benzene rings is 1. The van der Waals surface area contributed by atoms with Crippen molar-refractivity contribution in [3.05, 3.63) is 30.3 Å². The highest BCUT2D eigenvalue weighted by Gasteiger charge is 2.66. The highest BCUT2D eigenvalue weighted by atomic mass is 79.9. The van der Waals surface area contributed by atoms with Crippen LogP contribution in [0.4, 0.5) is 0 Å². The van der Waals surface area contributed by atoms with Gasteiger partial charge in [0.05, 0.1) is 11.3 Å². The van der Waals surface area contributed by atoms with Gasteiger partial charge in [-0.2, -0.15) is 0 Å². The Hall–Kier alpha value is -1.40. The van der Waals surface area contributed by atoms with E-state index in [4.69, 9.17) is 49.0 Å². The van der Waals surface area contributed by atoms with Crippen molar-refractivity contribution in [3.8, 4) is 5.75 Å². The maximum absolute atomic E-state index is 13.2. The largest absolute Gasteiger partial charge is 0.484 e. The Bertz CT molecular complexity index is 932. The molecule has 0 bridgehead atoms. The van der Waals surface area contributed by atoms with Gasteiger partial charge in [0.1, 0.15) is 18.4 Å².